The van der Waals surface area contributed by atoms with E-state index in [1.807, 2.05) is 43.3 Å². The fourth-order valence-electron chi connectivity index (χ4n) is 3.31. The molecule has 6 nitrogen and oxygen atoms in total. The third-order valence-electron chi connectivity index (χ3n) is 4.57. The van der Waals surface area contributed by atoms with Gasteiger partial charge in [-0.2, -0.15) is 0 Å². The number of nitrogens with zero attached hydrogens (tertiary/aromatic N) is 1. The van der Waals surface area contributed by atoms with Crippen LogP contribution in [0.15, 0.2) is 71.3 Å². The van der Waals surface area contributed by atoms with E-state index in [4.69, 9.17) is 4.52 Å². The highest BCUT2D eigenvalue weighted by Crippen LogP contribution is 2.28. The van der Waals surface area contributed by atoms with Gasteiger partial charge >= 0.3 is 0 Å². The van der Waals surface area contributed by atoms with Crippen molar-refractivity contribution in [2.24, 2.45) is 0 Å². The van der Waals surface area contributed by atoms with Crippen molar-refractivity contribution in [3.8, 4) is 0 Å². The molecule has 0 aliphatic heterocycles. The van der Waals surface area contributed by atoms with Gasteiger partial charge in [0.2, 0.25) is 11.8 Å². The molecule has 3 aromatic rings. The Morgan fingerprint density at radius 3 is 2.07 bits per heavy atom. The summed E-state index contributed by atoms with van der Waals surface area (Å²) in [6.07, 6.45) is 0. The molecule has 0 aliphatic rings. The smallest absolute Gasteiger partial charge is 0.235 e. The second kappa shape index (κ2) is 10.6. The average Bonchev–Trinajstić information content (AvgIpc) is 3.14. The van der Waals surface area contributed by atoms with Gasteiger partial charge in [0.1, 0.15) is 5.76 Å². The van der Waals surface area contributed by atoms with Gasteiger partial charge in [-0.1, -0.05) is 65.8 Å². The number of thioether (sulfide) groups is 1. The summed E-state index contributed by atoms with van der Waals surface area (Å²) in [4.78, 5) is 24.4. The zero-order valence-electron chi connectivity index (χ0n) is 17.0. The van der Waals surface area contributed by atoms with Gasteiger partial charge in [-0.15, -0.1) is 11.8 Å². The van der Waals surface area contributed by atoms with Crippen LogP contribution in [0.2, 0.25) is 0 Å². The number of carbonyl (C=O) groups is 2. The van der Waals surface area contributed by atoms with Crippen molar-refractivity contribution in [2.75, 3.05) is 16.8 Å². The van der Waals surface area contributed by atoms with Gasteiger partial charge in [0.15, 0.2) is 5.82 Å². The molecule has 2 amide bonds. The molecule has 0 unspecified atom stereocenters. The Morgan fingerprint density at radius 1 is 0.967 bits per heavy atom. The summed E-state index contributed by atoms with van der Waals surface area (Å²) in [6, 6.07) is 21.8. The lowest BCUT2D eigenvalue weighted by atomic mass is 9.86. The van der Waals surface area contributed by atoms with Gasteiger partial charge < -0.3 is 15.2 Å². The molecule has 0 radical (unpaired) electrons. The predicted molar refractivity (Wildman–Crippen MR) is 120 cm³/mol. The van der Waals surface area contributed by atoms with E-state index in [1.165, 1.54) is 11.8 Å². The van der Waals surface area contributed by atoms with Crippen molar-refractivity contribution in [1.29, 1.82) is 0 Å². The molecule has 156 valence electrons. The van der Waals surface area contributed by atoms with E-state index in [9.17, 15) is 9.59 Å². The van der Waals surface area contributed by atoms with Gasteiger partial charge in [-0.3, -0.25) is 9.59 Å². The lowest BCUT2D eigenvalue weighted by Gasteiger charge is -2.26. The minimum absolute atomic E-state index is 0.0417. The Morgan fingerprint density at radius 2 is 1.53 bits per heavy atom. The zero-order chi connectivity index (χ0) is 21.3. The van der Waals surface area contributed by atoms with Crippen LogP contribution in [0.1, 0.15) is 29.7 Å². The standard InChI is InChI=1S/C23H25N3O3S/c1-16-13-20(26-29-16)25-22(28)15-30-14-21(27)24-17(2)23(18-9-5-3-6-10-18)19-11-7-4-8-12-19/h3-13,17,23H,14-15H2,1-2H3,(H,24,27)(H,25,26,28)/t17-/m1/s1. The summed E-state index contributed by atoms with van der Waals surface area (Å²) in [5.41, 5.74) is 2.29. The topological polar surface area (TPSA) is 84.2 Å². The number of benzene rings is 2. The normalized spacial score (nSPS) is 11.8. The SMILES string of the molecule is Cc1cc(NC(=O)CSCC(=O)N[C@H](C)C(c2ccccc2)c2ccccc2)no1. The van der Waals surface area contributed by atoms with Crippen LogP contribution >= 0.6 is 11.8 Å². The van der Waals surface area contributed by atoms with E-state index in [2.05, 4.69) is 40.1 Å². The first-order valence-corrected chi connectivity index (χ1v) is 10.9. The van der Waals surface area contributed by atoms with Gasteiger partial charge in [0, 0.05) is 18.0 Å². The first kappa shape index (κ1) is 21.6. The van der Waals surface area contributed by atoms with Crippen molar-refractivity contribution in [3.05, 3.63) is 83.6 Å². The number of rotatable bonds is 9. The molecule has 3 rings (SSSR count). The molecule has 0 aliphatic carbocycles. The summed E-state index contributed by atoms with van der Waals surface area (Å²) in [5.74, 6) is 1.08. The largest absolute Gasteiger partial charge is 0.360 e. The van der Waals surface area contributed by atoms with E-state index in [0.717, 1.165) is 11.1 Å². The summed E-state index contributed by atoms with van der Waals surface area (Å²) < 4.78 is 4.91. The average molecular weight is 424 g/mol. The first-order chi connectivity index (χ1) is 14.5. The molecular weight excluding hydrogens is 398 g/mol. The third kappa shape index (κ3) is 6.22. The molecule has 1 aromatic heterocycles. The summed E-state index contributed by atoms with van der Waals surface area (Å²) in [6.45, 7) is 3.76. The lowest BCUT2D eigenvalue weighted by molar-refractivity contribution is -0.119. The highest BCUT2D eigenvalue weighted by Gasteiger charge is 2.22. The van der Waals surface area contributed by atoms with E-state index in [-0.39, 0.29) is 35.3 Å². The number of anilines is 1. The maximum atomic E-state index is 12.5. The van der Waals surface area contributed by atoms with Gasteiger partial charge in [0.05, 0.1) is 11.5 Å². The minimum Gasteiger partial charge on any atom is -0.360 e. The number of aryl methyl sites for hydroxylation is 1. The highest BCUT2D eigenvalue weighted by atomic mass is 32.2. The van der Waals surface area contributed by atoms with Crippen molar-refractivity contribution in [1.82, 2.24) is 10.5 Å². The van der Waals surface area contributed by atoms with Crippen LogP contribution in [-0.4, -0.2) is 34.5 Å². The van der Waals surface area contributed by atoms with E-state index < -0.39 is 0 Å². The van der Waals surface area contributed by atoms with Crippen LogP contribution < -0.4 is 10.6 Å². The Labute approximate surface area is 180 Å². The number of hydrogen-bond donors (Lipinski definition) is 2. The van der Waals surface area contributed by atoms with Crippen molar-refractivity contribution in [3.63, 3.8) is 0 Å². The van der Waals surface area contributed by atoms with Crippen LogP contribution in [-0.2, 0) is 9.59 Å². The monoisotopic (exact) mass is 423 g/mol. The van der Waals surface area contributed by atoms with Crippen molar-refractivity contribution in [2.45, 2.75) is 25.8 Å². The first-order valence-electron chi connectivity index (χ1n) is 9.73. The number of hydrogen-bond acceptors (Lipinski definition) is 5. The number of nitrogens with one attached hydrogen (secondary N) is 2. The molecule has 0 saturated heterocycles. The van der Waals surface area contributed by atoms with Crippen LogP contribution in [0.3, 0.4) is 0 Å². The molecule has 7 heteroatoms. The Bertz CT molecular complexity index is 921. The maximum absolute atomic E-state index is 12.5. The molecule has 2 N–H and O–H groups in total. The van der Waals surface area contributed by atoms with Crippen LogP contribution in [0, 0.1) is 6.92 Å². The summed E-state index contributed by atoms with van der Waals surface area (Å²) >= 11 is 1.26. The second-order valence-corrected chi connectivity index (χ2v) is 8.00. The third-order valence-corrected chi connectivity index (χ3v) is 5.50. The van der Waals surface area contributed by atoms with E-state index in [0.29, 0.717) is 11.6 Å². The fraction of sp³-hybridized carbons (Fsp3) is 0.261. The fourth-order valence-corrected chi connectivity index (χ4v) is 3.94. The van der Waals surface area contributed by atoms with Crippen molar-refractivity contribution >= 4 is 29.4 Å². The molecule has 2 aromatic carbocycles. The molecule has 0 bridgehead atoms. The highest BCUT2D eigenvalue weighted by molar-refractivity contribution is 8.00. The Balaban J connectivity index is 1.53. The molecule has 0 saturated carbocycles. The molecule has 1 heterocycles. The molecule has 0 spiro atoms. The summed E-state index contributed by atoms with van der Waals surface area (Å²) in [7, 11) is 0. The Hall–Kier alpha value is -3.06. The number of carbonyl (C=O) groups excluding carboxylic acids is 2. The van der Waals surface area contributed by atoms with Crippen LogP contribution in [0.25, 0.3) is 0 Å². The second-order valence-electron chi connectivity index (χ2n) is 7.02. The van der Waals surface area contributed by atoms with Gasteiger partial charge in [0.25, 0.3) is 0 Å². The minimum atomic E-state index is -0.222. The summed E-state index contributed by atoms with van der Waals surface area (Å²) in [5, 5.41) is 9.45. The van der Waals surface area contributed by atoms with E-state index in [1.54, 1.807) is 13.0 Å². The van der Waals surface area contributed by atoms with Gasteiger partial charge in [-0.25, -0.2) is 0 Å². The number of aromatic nitrogens is 1. The number of amides is 2. The van der Waals surface area contributed by atoms with Crippen molar-refractivity contribution < 1.29 is 14.1 Å². The molecule has 1 atom stereocenters. The zero-order valence-corrected chi connectivity index (χ0v) is 17.8. The maximum Gasteiger partial charge on any atom is 0.235 e. The quantitative estimate of drug-likeness (QED) is 0.544. The van der Waals surface area contributed by atoms with Gasteiger partial charge in [-0.05, 0) is 25.0 Å². The molecule has 30 heavy (non-hydrogen) atoms. The Kier molecular flexibility index (Phi) is 7.68. The van der Waals surface area contributed by atoms with E-state index >= 15 is 0 Å². The molecule has 0 fully saturated rings. The lowest BCUT2D eigenvalue weighted by Crippen LogP contribution is -2.38. The molecular formula is C23H25N3O3S. The van der Waals surface area contributed by atoms with Crippen LogP contribution in [0.5, 0.6) is 0 Å². The van der Waals surface area contributed by atoms with Crippen LogP contribution in [0.4, 0.5) is 5.82 Å². The predicted octanol–water partition coefficient (Wildman–Crippen LogP) is 3.99.